The highest BCUT2D eigenvalue weighted by Gasteiger charge is 2.28. The second-order valence-corrected chi connectivity index (χ2v) is 7.29. The van der Waals surface area contributed by atoms with E-state index in [1.807, 2.05) is 6.92 Å². The Morgan fingerprint density at radius 1 is 1.48 bits per heavy atom. The molecule has 0 bridgehead atoms. The number of sulfonamides is 1. The number of hydrogen-bond acceptors (Lipinski definition) is 6. The average molecular weight is 343 g/mol. The molecule has 0 amide bonds. The maximum absolute atomic E-state index is 12.6. The number of rotatable bonds is 6. The summed E-state index contributed by atoms with van der Waals surface area (Å²) in [4.78, 5) is 10.1. The molecule has 0 radical (unpaired) electrons. The molecule has 0 spiro atoms. The molecule has 2 N–H and O–H groups in total. The SMILES string of the molecule is COc1cc([N+](=O)[O-])ccc1S(=O)(=O)NC(C)C1CCCNC1. The van der Waals surface area contributed by atoms with E-state index in [4.69, 9.17) is 4.74 Å². The number of hydrogen-bond donors (Lipinski definition) is 2. The van der Waals surface area contributed by atoms with Gasteiger partial charge in [-0.1, -0.05) is 0 Å². The molecule has 1 aliphatic rings. The lowest BCUT2D eigenvalue weighted by atomic mass is 9.94. The van der Waals surface area contributed by atoms with Crippen molar-refractivity contribution in [2.24, 2.45) is 5.92 Å². The van der Waals surface area contributed by atoms with Gasteiger partial charge in [0.25, 0.3) is 5.69 Å². The van der Waals surface area contributed by atoms with Crippen molar-refractivity contribution in [3.05, 3.63) is 28.3 Å². The molecule has 1 saturated heterocycles. The van der Waals surface area contributed by atoms with E-state index in [9.17, 15) is 18.5 Å². The van der Waals surface area contributed by atoms with E-state index < -0.39 is 14.9 Å². The maximum Gasteiger partial charge on any atom is 0.273 e. The van der Waals surface area contributed by atoms with Crippen molar-refractivity contribution in [2.75, 3.05) is 20.2 Å². The van der Waals surface area contributed by atoms with Crippen molar-refractivity contribution < 1.29 is 18.1 Å². The summed E-state index contributed by atoms with van der Waals surface area (Å²) in [5, 5.41) is 14.0. The van der Waals surface area contributed by atoms with Gasteiger partial charge in [-0.3, -0.25) is 10.1 Å². The van der Waals surface area contributed by atoms with E-state index in [0.717, 1.165) is 38.1 Å². The predicted octanol–water partition coefficient (Wildman–Crippen LogP) is 1.27. The highest BCUT2D eigenvalue weighted by Crippen LogP contribution is 2.29. The standard InChI is InChI=1S/C14H21N3O5S/c1-10(11-4-3-7-15-9-11)16-23(20,21)14-6-5-12(17(18)19)8-13(14)22-2/h5-6,8,10-11,15-16H,3-4,7,9H2,1-2H3. The van der Waals surface area contributed by atoms with Gasteiger partial charge in [0.15, 0.2) is 0 Å². The summed E-state index contributed by atoms with van der Waals surface area (Å²) in [6.45, 7) is 3.54. The number of benzene rings is 1. The van der Waals surface area contributed by atoms with E-state index in [0.29, 0.717) is 0 Å². The van der Waals surface area contributed by atoms with Crippen LogP contribution in [-0.4, -0.2) is 39.6 Å². The van der Waals surface area contributed by atoms with Gasteiger partial charge >= 0.3 is 0 Å². The molecule has 9 heteroatoms. The van der Waals surface area contributed by atoms with Crippen molar-refractivity contribution in [2.45, 2.75) is 30.7 Å². The van der Waals surface area contributed by atoms with Gasteiger partial charge in [-0.15, -0.1) is 0 Å². The molecular weight excluding hydrogens is 322 g/mol. The molecule has 2 atom stereocenters. The van der Waals surface area contributed by atoms with Gasteiger partial charge in [0, 0.05) is 12.1 Å². The lowest BCUT2D eigenvalue weighted by molar-refractivity contribution is -0.385. The Labute approximate surface area is 135 Å². The topological polar surface area (TPSA) is 111 Å². The summed E-state index contributed by atoms with van der Waals surface area (Å²) in [7, 11) is -2.54. The first-order valence-corrected chi connectivity index (χ1v) is 8.89. The average Bonchev–Trinajstić information content (AvgIpc) is 2.54. The first-order valence-electron chi connectivity index (χ1n) is 7.40. The third-order valence-corrected chi connectivity index (χ3v) is 5.63. The van der Waals surface area contributed by atoms with E-state index in [2.05, 4.69) is 10.0 Å². The summed E-state index contributed by atoms with van der Waals surface area (Å²) in [6, 6.07) is 3.23. The first kappa shape index (κ1) is 17.6. The van der Waals surface area contributed by atoms with Gasteiger partial charge in [-0.25, -0.2) is 13.1 Å². The van der Waals surface area contributed by atoms with Gasteiger partial charge in [0.1, 0.15) is 10.6 Å². The van der Waals surface area contributed by atoms with Crippen LogP contribution in [0.4, 0.5) is 5.69 Å². The normalized spacial score (nSPS) is 20.0. The Morgan fingerprint density at radius 3 is 2.78 bits per heavy atom. The van der Waals surface area contributed by atoms with Crippen LogP contribution in [-0.2, 0) is 10.0 Å². The second kappa shape index (κ2) is 7.24. The van der Waals surface area contributed by atoms with Crippen molar-refractivity contribution in [1.29, 1.82) is 0 Å². The quantitative estimate of drug-likeness (QED) is 0.594. The summed E-state index contributed by atoms with van der Waals surface area (Å²) in [5.41, 5.74) is -0.217. The number of piperidine rings is 1. The number of ether oxygens (including phenoxy) is 1. The fourth-order valence-electron chi connectivity index (χ4n) is 2.70. The zero-order chi connectivity index (χ0) is 17.0. The van der Waals surface area contributed by atoms with E-state index in [1.54, 1.807) is 0 Å². The number of nitrogens with one attached hydrogen (secondary N) is 2. The minimum absolute atomic E-state index is 0.0410. The Morgan fingerprint density at radius 2 is 2.22 bits per heavy atom. The van der Waals surface area contributed by atoms with Crippen LogP contribution in [0.15, 0.2) is 23.1 Å². The third-order valence-electron chi connectivity index (χ3n) is 4.03. The zero-order valence-corrected chi connectivity index (χ0v) is 13.9. The smallest absolute Gasteiger partial charge is 0.273 e. The number of methoxy groups -OCH3 is 1. The molecule has 2 unspecified atom stereocenters. The van der Waals surface area contributed by atoms with E-state index >= 15 is 0 Å². The molecule has 128 valence electrons. The predicted molar refractivity (Wildman–Crippen MR) is 85.0 cm³/mol. The van der Waals surface area contributed by atoms with Crippen LogP contribution in [0.1, 0.15) is 19.8 Å². The van der Waals surface area contributed by atoms with Crippen LogP contribution < -0.4 is 14.8 Å². The second-order valence-electron chi connectivity index (χ2n) is 5.61. The van der Waals surface area contributed by atoms with Crippen LogP contribution >= 0.6 is 0 Å². The van der Waals surface area contributed by atoms with Crippen LogP contribution in [0.3, 0.4) is 0 Å². The molecule has 1 heterocycles. The van der Waals surface area contributed by atoms with Crippen LogP contribution in [0.5, 0.6) is 5.75 Å². The Bertz CT molecular complexity index is 671. The number of nitro groups is 1. The van der Waals surface area contributed by atoms with Crippen molar-refractivity contribution in [3.63, 3.8) is 0 Å². The van der Waals surface area contributed by atoms with E-state index in [1.165, 1.54) is 13.2 Å². The van der Waals surface area contributed by atoms with Gasteiger partial charge in [-0.05, 0) is 44.8 Å². The van der Waals surface area contributed by atoms with Crippen LogP contribution in [0.25, 0.3) is 0 Å². The lowest BCUT2D eigenvalue weighted by Crippen LogP contribution is -2.44. The van der Waals surface area contributed by atoms with Crippen molar-refractivity contribution in [3.8, 4) is 5.75 Å². The molecule has 1 aromatic rings. The largest absolute Gasteiger partial charge is 0.495 e. The van der Waals surface area contributed by atoms with E-state index in [-0.39, 0.29) is 28.3 Å². The Kier molecular flexibility index (Phi) is 5.55. The van der Waals surface area contributed by atoms with Gasteiger partial charge in [0.2, 0.25) is 10.0 Å². The summed E-state index contributed by atoms with van der Waals surface area (Å²) >= 11 is 0. The highest BCUT2D eigenvalue weighted by molar-refractivity contribution is 7.89. The Hall–Kier alpha value is -1.71. The summed E-state index contributed by atoms with van der Waals surface area (Å²) < 4.78 is 32.8. The summed E-state index contributed by atoms with van der Waals surface area (Å²) in [5.74, 6) is 0.170. The number of nitro benzene ring substituents is 1. The summed E-state index contributed by atoms with van der Waals surface area (Å²) in [6.07, 6.45) is 1.96. The van der Waals surface area contributed by atoms with Crippen LogP contribution in [0, 0.1) is 16.0 Å². The zero-order valence-electron chi connectivity index (χ0n) is 13.1. The first-order chi connectivity index (χ1) is 10.8. The minimum atomic E-state index is -3.82. The molecule has 8 nitrogen and oxygen atoms in total. The van der Waals surface area contributed by atoms with Crippen molar-refractivity contribution >= 4 is 15.7 Å². The fourth-order valence-corrected chi connectivity index (χ4v) is 4.17. The molecule has 1 fully saturated rings. The molecular formula is C14H21N3O5S. The van der Waals surface area contributed by atoms with Gasteiger partial charge in [-0.2, -0.15) is 0 Å². The van der Waals surface area contributed by atoms with Crippen molar-refractivity contribution in [1.82, 2.24) is 10.0 Å². The van der Waals surface area contributed by atoms with Gasteiger partial charge < -0.3 is 10.1 Å². The Balaban J connectivity index is 2.23. The number of non-ortho nitro benzene ring substituents is 1. The molecule has 1 aliphatic heterocycles. The molecule has 23 heavy (non-hydrogen) atoms. The molecule has 0 aliphatic carbocycles. The molecule has 0 aromatic heterocycles. The fraction of sp³-hybridized carbons (Fsp3) is 0.571. The molecule has 1 aromatic carbocycles. The molecule has 2 rings (SSSR count). The highest BCUT2D eigenvalue weighted by atomic mass is 32.2. The van der Waals surface area contributed by atoms with Gasteiger partial charge in [0.05, 0.1) is 18.1 Å². The monoisotopic (exact) mass is 343 g/mol. The maximum atomic E-state index is 12.6. The minimum Gasteiger partial charge on any atom is -0.495 e. The number of nitrogens with zero attached hydrogens (tertiary/aromatic N) is 1. The molecule has 0 saturated carbocycles. The third kappa shape index (κ3) is 4.18. The lowest BCUT2D eigenvalue weighted by Gasteiger charge is -2.28. The van der Waals surface area contributed by atoms with Crippen LogP contribution in [0.2, 0.25) is 0 Å².